The summed E-state index contributed by atoms with van der Waals surface area (Å²) in [7, 11) is 1.77. The summed E-state index contributed by atoms with van der Waals surface area (Å²) < 4.78 is 0. The lowest BCUT2D eigenvalue weighted by atomic mass is 10.1. The molecular formula is C18H31IN4O. The van der Waals surface area contributed by atoms with Crippen molar-refractivity contribution in [3.05, 3.63) is 35.4 Å². The van der Waals surface area contributed by atoms with Crippen LogP contribution >= 0.6 is 24.0 Å². The Morgan fingerprint density at radius 1 is 1.12 bits per heavy atom. The van der Waals surface area contributed by atoms with Crippen molar-refractivity contribution in [2.75, 3.05) is 26.7 Å². The molecule has 0 spiro atoms. The van der Waals surface area contributed by atoms with Crippen molar-refractivity contribution in [3.8, 4) is 0 Å². The quantitative estimate of drug-likeness (QED) is 0.385. The zero-order chi connectivity index (χ0) is 17.2. The van der Waals surface area contributed by atoms with Crippen LogP contribution < -0.4 is 10.6 Å². The van der Waals surface area contributed by atoms with E-state index in [-0.39, 0.29) is 29.9 Å². The molecule has 0 saturated heterocycles. The number of carbonyl (C=O) groups excluding carboxylic acids is 1. The lowest BCUT2D eigenvalue weighted by Crippen LogP contribution is -2.38. The molecular weight excluding hydrogens is 415 g/mol. The summed E-state index contributed by atoms with van der Waals surface area (Å²) in [5.41, 5.74) is 1.85. The Morgan fingerprint density at radius 3 is 2.17 bits per heavy atom. The van der Waals surface area contributed by atoms with Gasteiger partial charge in [0, 0.05) is 38.8 Å². The average Bonchev–Trinajstić information content (AvgIpc) is 2.56. The molecule has 0 heterocycles. The number of nitrogens with zero attached hydrogens (tertiary/aromatic N) is 2. The van der Waals surface area contributed by atoms with Crippen LogP contribution in [0, 0.1) is 5.92 Å². The number of amides is 1. The molecule has 0 fully saturated rings. The Kier molecular flexibility index (Phi) is 11.4. The number of hydrogen-bond donors (Lipinski definition) is 2. The van der Waals surface area contributed by atoms with E-state index in [0.717, 1.165) is 36.7 Å². The first-order chi connectivity index (χ1) is 11.0. The number of halogens is 1. The number of benzene rings is 1. The van der Waals surface area contributed by atoms with E-state index < -0.39 is 0 Å². The molecule has 0 unspecified atom stereocenters. The van der Waals surface area contributed by atoms with Gasteiger partial charge in [-0.2, -0.15) is 0 Å². The van der Waals surface area contributed by atoms with Gasteiger partial charge in [0.15, 0.2) is 5.96 Å². The molecule has 0 bridgehead atoms. The molecule has 1 aromatic rings. The van der Waals surface area contributed by atoms with E-state index in [1.54, 1.807) is 7.05 Å². The Labute approximate surface area is 163 Å². The molecule has 1 aromatic carbocycles. The van der Waals surface area contributed by atoms with Crippen LogP contribution in [-0.4, -0.2) is 43.4 Å². The number of rotatable bonds is 7. The van der Waals surface area contributed by atoms with Gasteiger partial charge in [-0.3, -0.25) is 9.79 Å². The van der Waals surface area contributed by atoms with E-state index in [9.17, 15) is 4.79 Å². The highest BCUT2D eigenvalue weighted by Gasteiger charge is 2.11. The van der Waals surface area contributed by atoms with Crippen molar-refractivity contribution in [2.45, 2.75) is 34.2 Å². The molecule has 6 heteroatoms. The first-order valence-electron chi connectivity index (χ1n) is 8.34. The summed E-state index contributed by atoms with van der Waals surface area (Å²) in [4.78, 5) is 18.3. The molecule has 0 saturated carbocycles. The third-order valence-corrected chi connectivity index (χ3v) is 3.61. The van der Waals surface area contributed by atoms with E-state index in [4.69, 9.17) is 0 Å². The van der Waals surface area contributed by atoms with Crippen LogP contribution in [0.4, 0.5) is 0 Å². The van der Waals surface area contributed by atoms with Gasteiger partial charge in [-0.25, -0.2) is 0 Å². The monoisotopic (exact) mass is 446 g/mol. The molecule has 0 aliphatic carbocycles. The number of aliphatic imine (C=N–C) groups is 1. The Balaban J connectivity index is 0.00000529. The predicted molar refractivity (Wildman–Crippen MR) is 112 cm³/mol. The van der Waals surface area contributed by atoms with Crippen LogP contribution in [0.2, 0.25) is 0 Å². The molecule has 0 aliphatic heterocycles. The van der Waals surface area contributed by atoms with Crippen molar-refractivity contribution >= 4 is 35.8 Å². The van der Waals surface area contributed by atoms with Gasteiger partial charge >= 0.3 is 0 Å². The lowest BCUT2D eigenvalue weighted by molar-refractivity contribution is 0.0773. The lowest BCUT2D eigenvalue weighted by Gasteiger charge is -2.18. The first-order valence-corrected chi connectivity index (χ1v) is 8.34. The summed E-state index contributed by atoms with van der Waals surface area (Å²) in [6.45, 7) is 11.3. The number of guanidine groups is 1. The number of hydrogen-bond acceptors (Lipinski definition) is 2. The molecule has 24 heavy (non-hydrogen) atoms. The van der Waals surface area contributed by atoms with Gasteiger partial charge in [0.05, 0.1) is 0 Å². The zero-order valence-electron chi connectivity index (χ0n) is 15.4. The maximum absolute atomic E-state index is 12.3. The molecule has 0 atom stereocenters. The summed E-state index contributed by atoms with van der Waals surface area (Å²) >= 11 is 0. The molecule has 0 aliphatic rings. The number of carbonyl (C=O) groups is 1. The zero-order valence-corrected chi connectivity index (χ0v) is 17.8. The van der Waals surface area contributed by atoms with Gasteiger partial charge < -0.3 is 15.5 Å². The van der Waals surface area contributed by atoms with Crippen molar-refractivity contribution in [1.29, 1.82) is 0 Å². The van der Waals surface area contributed by atoms with Gasteiger partial charge in [0.1, 0.15) is 0 Å². The van der Waals surface area contributed by atoms with Gasteiger partial charge in [-0.1, -0.05) is 26.0 Å². The van der Waals surface area contributed by atoms with Crippen LogP contribution in [0.25, 0.3) is 0 Å². The highest BCUT2D eigenvalue weighted by molar-refractivity contribution is 14.0. The maximum atomic E-state index is 12.3. The second-order valence-electron chi connectivity index (χ2n) is 5.87. The summed E-state index contributed by atoms with van der Waals surface area (Å²) in [5, 5.41) is 6.56. The number of nitrogens with one attached hydrogen (secondary N) is 2. The normalized spacial score (nSPS) is 11.0. The highest BCUT2D eigenvalue weighted by atomic mass is 127. The molecule has 0 aromatic heterocycles. The van der Waals surface area contributed by atoms with Crippen molar-refractivity contribution < 1.29 is 4.79 Å². The fraction of sp³-hybridized carbons (Fsp3) is 0.556. The minimum Gasteiger partial charge on any atom is -0.356 e. The maximum Gasteiger partial charge on any atom is 0.253 e. The molecule has 1 amide bonds. The minimum atomic E-state index is 0. The molecule has 5 nitrogen and oxygen atoms in total. The van der Waals surface area contributed by atoms with Crippen LogP contribution in [0.5, 0.6) is 0 Å². The average molecular weight is 446 g/mol. The highest BCUT2D eigenvalue weighted by Crippen LogP contribution is 2.08. The third-order valence-electron chi connectivity index (χ3n) is 3.61. The third kappa shape index (κ3) is 7.51. The molecule has 2 N–H and O–H groups in total. The Morgan fingerprint density at radius 2 is 1.71 bits per heavy atom. The standard InChI is InChI=1S/C18H30N4O.HI/c1-6-22(7-2)17(23)16-10-8-15(9-11-16)13-21-18(19-5)20-12-14(3)4;/h8-11,14H,6-7,12-13H2,1-5H3,(H2,19,20,21);1H. The topological polar surface area (TPSA) is 56.7 Å². The van der Waals surface area contributed by atoms with Crippen LogP contribution in [0.3, 0.4) is 0 Å². The van der Waals surface area contributed by atoms with Gasteiger partial charge in [0.25, 0.3) is 5.91 Å². The summed E-state index contributed by atoms with van der Waals surface area (Å²) in [5.74, 6) is 1.45. The smallest absolute Gasteiger partial charge is 0.253 e. The summed E-state index contributed by atoms with van der Waals surface area (Å²) in [6, 6.07) is 7.75. The van der Waals surface area contributed by atoms with Crippen LogP contribution in [-0.2, 0) is 6.54 Å². The van der Waals surface area contributed by atoms with Crippen molar-refractivity contribution in [1.82, 2.24) is 15.5 Å². The van der Waals surface area contributed by atoms with E-state index >= 15 is 0 Å². The largest absolute Gasteiger partial charge is 0.356 e. The molecule has 1 rings (SSSR count). The van der Waals surface area contributed by atoms with Crippen molar-refractivity contribution in [2.24, 2.45) is 10.9 Å². The van der Waals surface area contributed by atoms with E-state index in [1.807, 2.05) is 43.0 Å². The second-order valence-corrected chi connectivity index (χ2v) is 5.87. The van der Waals surface area contributed by atoms with Crippen molar-refractivity contribution in [3.63, 3.8) is 0 Å². The Hall–Kier alpha value is -1.31. The van der Waals surface area contributed by atoms with Crippen LogP contribution in [0.1, 0.15) is 43.6 Å². The Bertz CT molecular complexity index is 510. The van der Waals surface area contributed by atoms with Gasteiger partial charge in [0.2, 0.25) is 0 Å². The van der Waals surface area contributed by atoms with Gasteiger partial charge in [-0.05, 0) is 37.5 Å². The minimum absolute atomic E-state index is 0. The first kappa shape index (κ1) is 22.7. The predicted octanol–water partition coefficient (Wildman–Crippen LogP) is 3.11. The van der Waals surface area contributed by atoms with E-state index in [2.05, 4.69) is 29.5 Å². The second kappa shape index (κ2) is 12.1. The fourth-order valence-corrected chi connectivity index (χ4v) is 2.17. The fourth-order valence-electron chi connectivity index (χ4n) is 2.17. The SMILES string of the molecule is CCN(CC)C(=O)c1ccc(CNC(=NC)NCC(C)C)cc1.I. The van der Waals surface area contributed by atoms with Gasteiger partial charge in [-0.15, -0.1) is 24.0 Å². The van der Waals surface area contributed by atoms with E-state index in [0.29, 0.717) is 12.5 Å². The van der Waals surface area contributed by atoms with Crippen LogP contribution in [0.15, 0.2) is 29.3 Å². The molecule has 136 valence electrons. The van der Waals surface area contributed by atoms with E-state index in [1.165, 1.54) is 0 Å². The summed E-state index contributed by atoms with van der Waals surface area (Å²) in [6.07, 6.45) is 0. The molecule has 0 radical (unpaired) electrons.